The Morgan fingerprint density at radius 2 is 1.76 bits per heavy atom. The topological polar surface area (TPSA) is 46.2 Å². The van der Waals surface area contributed by atoms with Gasteiger partial charge >= 0.3 is 0 Å². The van der Waals surface area contributed by atoms with Crippen molar-refractivity contribution >= 4 is 9.84 Å². The highest BCUT2D eigenvalue weighted by Crippen LogP contribution is 2.31. The largest absolute Gasteiger partial charge is 0.313 e. The highest BCUT2D eigenvalue weighted by molar-refractivity contribution is 7.91. The molecule has 1 aromatic rings. The van der Waals surface area contributed by atoms with Gasteiger partial charge < -0.3 is 5.32 Å². The van der Waals surface area contributed by atoms with Crippen LogP contribution in [0.4, 0.5) is 0 Å². The number of hydrogen-bond acceptors (Lipinski definition) is 3. The molecule has 4 heteroatoms. The third-order valence-electron chi connectivity index (χ3n) is 3.54. The molecule has 0 radical (unpaired) electrons. The minimum atomic E-state index is -2.77. The molecule has 1 atom stereocenters. The van der Waals surface area contributed by atoms with Gasteiger partial charge in [-0.25, -0.2) is 8.42 Å². The molecule has 0 bridgehead atoms. The summed E-state index contributed by atoms with van der Waals surface area (Å²) in [5.41, 5.74) is 1.25. The maximum absolute atomic E-state index is 11.4. The zero-order valence-electron chi connectivity index (χ0n) is 10.1. The molecule has 2 rings (SSSR count). The van der Waals surface area contributed by atoms with Gasteiger partial charge in [-0.3, -0.25) is 0 Å². The van der Waals surface area contributed by atoms with Crippen molar-refractivity contribution in [3.05, 3.63) is 35.9 Å². The summed E-state index contributed by atoms with van der Waals surface area (Å²) in [5, 5.41) is 3.32. The van der Waals surface area contributed by atoms with Crippen LogP contribution < -0.4 is 5.32 Å². The van der Waals surface area contributed by atoms with Gasteiger partial charge in [0.05, 0.1) is 11.5 Å². The minimum absolute atomic E-state index is 0.270. The average molecular weight is 253 g/mol. The molecule has 0 spiro atoms. The van der Waals surface area contributed by atoms with E-state index < -0.39 is 9.84 Å². The van der Waals surface area contributed by atoms with Crippen molar-refractivity contribution in [2.45, 2.75) is 18.9 Å². The third-order valence-corrected chi connectivity index (χ3v) is 5.26. The molecular formula is C13H19NO2S. The molecule has 3 nitrogen and oxygen atoms in total. The lowest BCUT2D eigenvalue weighted by atomic mass is 9.88. The summed E-state index contributed by atoms with van der Waals surface area (Å²) < 4.78 is 22.8. The summed E-state index contributed by atoms with van der Waals surface area (Å²) in [4.78, 5) is 0. The van der Waals surface area contributed by atoms with E-state index in [9.17, 15) is 8.42 Å². The molecule has 0 aliphatic carbocycles. The summed E-state index contributed by atoms with van der Waals surface area (Å²) in [5.74, 6) is 1.09. The smallest absolute Gasteiger partial charge is 0.150 e. The van der Waals surface area contributed by atoms with Crippen molar-refractivity contribution < 1.29 is 8.42 Å². The third kappa shape index (κ3) is 3.07. The second-order valence-corrected chi connectivity index (χ2v) is 6.97. The van der Waals surface area contributed by atoms with Crippen molar-refractivity contribution in [2.24, 2.45) is 5.92 Å². The van der Waals surface area contributed by atoms with Crippen molar-refractivity contribution in [2.75, 3.05) is 18.6 Å². The first-order chi connectivity index (χ1) is 8.12. The standard InChI is InChI=1S/C13H19NO2S/c1-14-13(11-5-3-2-4-6-11)12-7-9-17(15,16)10-8-12/h2-6,12-14H,7-10H2,1H3. The lowest BCUT2D eigenvalue weighted by molar-refractivity contribution is 0.350. The normalized spacial score (nSPS) is 22.2. The fraction of sp³-hybridized carbons (Fsp3) is 0.538. The second-order valence-electron chi connectivity index (χ2n) is 4.67. The van der Waals surface area contributed by atoms with Crippen LogP contribution in [0.3, 0.4) is 0 Å². The first-order valence-corrected chi connectivity index (χ1v) is 7.87. The predicted molar refractivity (Wildman–Crippen MR) is 69.6 cm³/mol. The van der Waals surface area contributed by atoms with E-state index in [1.54, 1.807) is 0 Å². The van der Waals surface area contributed by atoms with Crippen LogP contribution in [-0.2, 0) is 9.84 Å². The monoisotopic (exact) mass is 253 g/mol. The van der Waals surface area contributed by atoms with Crippen LogP contribution in [0, 0.1) is 5.92 Å². The summed E-state index contributed by atoms with van der Waals surface area (Å²) in [7, 11) is -0.822. The molecule has 1 aromatic carbocycles. The van der Waals surface area contributed by atoms with E-state index in [2.05, 4.69) is 17.4 Å². The van der Waals surface area contributed by atoms with Crippen molar-refractivity contribution in [1.29, 1.82) is 0 Å². The Kier molecular flexibility index (Phi) is 3.84. The lowest BCUT2D eigenvalue weighted by Crippen LogP contribution is -2.32. The fourth-order valence-corrected chi connectivity index (χ4v) is 4.10. The molecular weight excluding hydrogens is 234 g/mol. The Morgan fingerprint density at radius 1 is 1.18 bits per heavy atom. The summed E-state index contributed by atoms with van der Waals surface area (Å²) in [6.45, 7) is 0. The number of sulfone groups is 1. The molecule has 1 unspecified atom stereocenters. The van der Waals surface area contributed by atoms with Gasteiger partial charge in [0.25, 0.3) is 0 Å². The van der Waals surface area contributed by atoms with Crippen LogP contribution in [0.25, 0.3) is 0 Å². The first-order valence-electron chi connectivity index (χ1n) is 6.05. The van der Waals surface area contributed by atoms with Crippen LogP contribution in [0.5, 0.6) is 0 Å². The molecule has 17 heavy (non-hydrogen) atoms. The minimum Gasteiger partial charge on any atom is -0.313 e. The Morgan fingerprint density at radius 3 is 2.29 bits per heavy atom. The molecule has 1 N–H and O–H groups in total. The van der Waals surface area contributed by atoms with E-state index in [-0.39, 0.29) is 6.04 Å². The Balaban J connectivity index is 2.11. The number of nitrogens with one attached hydrogen (secondary N) is 1. The van der Waals surface area contributed by atoms with Crippen molar-refractivity contribution in [1.82, 2.24) is 5.32 Å². The van der Waals surface area contributed by atoms with E-state index in [0.717, 1.165) is 12.8 Å². The summed E-state index contributed by atoms with van der Waals surface area (Å²) >= 11 is 0. The van der Waals surface area contributed by atoms with E-state index >= 15 is 0 Å². The summed E-state index contributed by atoms with van der Waals surface area (Å²) in [6, 6.07) is 10.5. The molecule has 1 heterocycles. The van der Waals surface area contributed by atoms with Gasteiger partial charge in [-0.05, 0) is 31.4 Å². The van der Waals surface area contributed by atoms with Gasteiger partial charge in [-0.15, -0.1) is 0 Å². The van der Waals surface area contributed by atoms with Crippen LogP contribution in [0.15, 0.2) is 30.3 Å². The second kappa shape index (κ2) is 5.19. The molecule has 1 saturated heterocycles. The van der Waals surface area contributed by atoms with Gasteiger partial charge in [0.1, 0.15) is 9.84 Å². The summed E-state index contributed by atoms with van der Waals surface area (Å²) in [6.07, 6.45) is 1.53. The highest BCUT2D eigenvalue weighted by atomic mass is 32.2. The Labute approximate surface area is 103 Å². The maximum atomic E-state index is 11.4. The molecule has 1 aliphatic rings. The van der Waals surface area contributed by atoms with E-state index in [1.807, 2.05) is 25.2 Å². The fourth-order valence-electron chi connectivity index (χ4n) is 2.58. The van der Waals surface area contributed by atoms with E-state index in [0.29, 0.717) is 17.4 Å². The van der Waals surface area contributed by atoms with Crippen LogP contribution in [0.2, 0.25) is 0 Å². The first kappa shape index (κ1) is 12.6. The van der Waals surface area contributed by atoms with Crippen molar-refractivity contribution in [3.8, 4) is 0 Å². The molecule has 94 valence electrons. The van der Waals surface area contributed by atoms with Crippen molar-refractivity contribution in [3.63, 3.8) is 0 Å². The van der Waals surface area contributed by atoms with Crippen LogP contribution in [-0.4, -0.2) is 27.0 Å². The highest BCUT2D eigenvalue weighted by Gasteiger charge is 2.29. The Hall–Kier alpha value is -0.870. The van der Waals surface area contributed by atoms with Crippen LogP contribution in [0.1, 0.15) is 24.4 Å². The zero-order chi connectivity index (χ0) is 12.3. The van der Waals surface area contributed by atoms with Gasteiger partial charge in [0.15, 0.2) is 0 Å². The number of hydrogen-bond donors (Lipinski definition) is 1. The van der Waals surface area contributed by atoms with Gasteiger partial charge in [-0.2, -0.15) is 0 Å². The number of rotatable bonds is 3. The Bertz CT molecular complexity index is 442. The predicted octanol–water partition coefficient (Wildman–Crippen LogP) is 1.77. The van der Waals surface area contributed by atoms with E-state index in [1.165, 1.54) is 5.56 Å². The zero-order valence-corrected chi connectivity index (χ0v) is 10.9. The van der Waals surface area contributed by atoms with Gasteiger partial charge in [0.2, 0.25) is 0 Å². The SMILES string of the molecule is CNC(c1ccccc1)C1CCS(=O)(=O)CC1. The molecule has 1 fully saturated rings. The number of benzene rings is 1. The molecule has 0 saturated carbocycles. The average Bonchev–Trinajstić information content (AvgIpc) is 2.33. The molecule has 0 aromatic heterocycles. The van der Waals surface area contributed by atoms with Gasteiger partial charge in [0, 0.05) is 6.04 Å². The lowest BCUT2D eigenvalue weighted by Gasteiger charge is -2.30. The van der Waals surface area contributed by atoms with Gasteiger partial charge in [-0.1, -0.05) is 30.3 Å². The molecule has 1 aliphatic heterocycles. The maximum Gasteiger partial charge on any atom is 0.150 e. The van der Waals surface area contributed by atoms with Crippen LogP contribution >= 0.6 is 0 Å². The molecule has 0 amide bonds. The quantitative estimate of drug-likeness (QED) is 0.893. The van der Waals surface area contributed by atoms with E-state index in [4.69, 9.17) is 0 Å².